The quantitative estimate of drug-likeness (QED) is 0.574. The van der Waals surface area contributed by atoms with Crippen molar-refractivity contribution < 1.29 is 37.3 Å². The Labute approximate surface area is 184 Å². The summed E-state index contributed by atoms with van der Waals surface area (Å²) < 4.78 is 52.5. The van der Waals surface area contributed by atoms with Crippen molar-refractivity contribution in [3.63, 3.8) is 0 Å². The molecule has 3 rings (SSSR count). The number of carbonyl (C=O) groups excluding carboxylic acids is 1. The van der Waals surface area contributed by atoms with Crippen LogP contribution in [0.2, 0.25) is 0 Å². The van der Waals surface area contributed by atoms with Crippen molar-refractivity contribution in [2.24, 2.45) is 0 Å². The van der Waals surface area contributed by atoms with E-state index in [-0.39, 0.29) is 28.6 Å². The van der Waals surface area contributed by atoms with Crippen LogP contribution in [0.3, 0.4) is 0 Å². The second-order valence-corrected chi connectivity index (χ2v) is 8.47. The van der Waals surface area contributed by atoms with Crippen LogP contribution in [-0.2, 0) is 16.0 Å². The van der Waals surface area contributed by atoms with Crippen LogP contribution >= 0.6 is 0 Å². The van der Waals surface area contributed by atoms with E-state index < -0.39 is 17.6 Å². The Morgan fingerprint density at radius 3 is 2.06 bits per heavy atom. The predicted molar refractivity (Wildman–Crippen MR) is 113 cm³/mol. The number of carbonyl (C=O) groups is 1. The molecule has 0 unspecified atom stereocenters. The van der Waals surface area contributed by atoms with Gasteiger partial charge in [0.2, 0.25) is 0 Å². The van der Waals surface area contributed by atoms with Gasteiger partial charge in [0.1, 0.15) is 34.2 Å². The monoisotopic (exact) mass is 450 g/mol. The molecule has 0 aromatic heterocycles. The lowest BCUT2D eigenvalue weighted by atomic mass is 9.81. The second-order valence-electron chi connectivity index (χ2n) is 8.47. The minimum absolute atomic E-state index is 0.165. The maximum absolute atomic E-state index is 13.1. The number of aliphatic hydroxyl groups is 1. The van der Waals surface area contributed by atoms with E-state index >= 15 is 0 Å². The van der Waals surface area contributed by atoms with E-state index in [1.807, 2.05) is 6.92 Å². The molecule has 2 aromatic rings. The van der Waals surface area contributed by atoms with Crippen LogP contribution < -0.4 is 9.47 Å². The standard InChI is InChI=1S/C24H25F3O5/c1-6-14-7-8-17(30-15-9-11-16(12-10-15)31-24(25,26)27)13-18(14)19-20(28)22(2,3)32-23(4,5)21(19)29/h7-13,28H,6H2,1-5H3. The van der Waals surface area contributed by atoms with E-state index in [0.717, 1.165) is 17.7 Å². The van der Waals surface area contributed by atoms with Crippen LogP contribution in [0.15, 0.2) is 48.2 Å². The van der Waals surface area contributed by atoms with Gasteiger partial charge in [0, 0.05) is 0 Å². The van der Waals surface area contributed by atoms with Crippen molar-refractivity contribution in [1.82, 2.24) is 0 Å². The zero-order valence-electron chi connectivity index (χ0n) is 18.5. The summed E-state index contributed by atoms with van der Waals surface area (Å²) >= 11 is 0. The number of ether oxygens (including phenoxy) is 3. The van der Waals surface area contributed by atoms with Gasteiger partial charge in [-0.25, -0.2) is 0 Å². The summed E-state index contributed by atoms with van der Waals surface area (Å²) in [6.07, 6.45) is -4.17. The zero-order chi connectivity index (χ0) is 23.9. The number of alkyl halides is 3. The van der Waals surface area contributed by atoms with E-state index in [0.29, 0.717) is 17.7 Å². The summed E-state index contributed by atoms with van der Waals surface area (Å²) in [6.45, 7) is 8.61. The first-order valence-corrected chi connectivity index (χ1v) is 10.1. The van der Waals surface area contributed by atoms with Crippen LogP contribution in [0.5, 0.6) is 17.2 Å². The first-order chi connectivity index (χ1) is 14.7. The third-order valence-corrected chi connectivity index (χ3v) is 5.12. The Kier molecular flexibility index (Phi) is 6.04. The second kappa shape index (κ2) is 8.16. The van der Waals surface area contributed by atoms with Gasteiger partial charge in [-0.15, -0.1) is 13.2 Å². The molecule has 0 aliphatic carbocycles. The molecule has 1 aliphatic heterocycles. The molecule has 8 heteroatoms. The summed E-state index contributed by atoms with van der Waals surface area (Å²) in [5.74, 6) is -0.236. The van der Waals surface area contributed by atoms with Crippen molar-refractivity contribution in [1.29, 1.82) is 0 Å². The molecule has 0 amide bonds. The number of ketones is 1. The van der Waals surface area contributed by atoms with Crippen LogP contribution in [-0.4, -0.2) is 28.5 Å². The number of rotatable bonds is 5. The molecular weight excluding hydrogens is 425 g/mol. The lowest BCUT2D eigenvalue weighted by molar-refractivity contribution is -0.274. The molecule has 2 aromatic carbocycles. The van der Waals surface area contributed by atoms with Crippen molar-refractivity contribution in [3.8, 4) is 17.2 Å². The van der Waals surface area contributed by atoms with Gasteiger partial charge in [-0.3, -0.25) is 4.79 Å². The van der Waals surface area contributed by atoms with Crippen LogP contribution in [0.4, 0.5) is 13.2 Å². The minimum atomic E-state index is -4.78. The van der Waals surface area contributed by atoms with Gasteiger partial charge in [0.25, 0.3) is 0 Å². The Morgan fingerprint density at radius 2 is 1.50 bits per heavy atom. The molecule has 0 fully saturated rings. The fraction of sp³-hybridized carbons (Fsp3) is 0.375. The lowest BCUT2D eigenvalue weighted by Gasteiger charge is -2.40. The summed E-state index contributed by atoms with van der Waals surface area (Å²) in [5.41, 5.74) is -0.685. The topological polar surface area (TPSA) is 65.0 Å². The van der Waals surface area contributed by atoms with Crippen molar-refractivity contribution in [3.05, 3.63) is 59.4 Å². The third kappa shape index (κ3) is 4.91. The Bertz CT molecular complexity index is 1050. The van der Waals surface area contributed by atoms with Gasteiger partial charge in [-0.05, 0) is 81.6 Å². The van der Waals surface area contributed by atoms with Crippen LogP contribution in [0, 0.1) is 0 Å². The number of hydrogen-bond acceptors (Lipinski definition) is 5. The first-order valence-electron chi connectivity index (χ1n) is 10.1. The smallest absolute Gasteiger partial charge is 0.508 e. The van der Waals surface area contributed by atoms with E-state index in [2.05, 4.69) is 4.74 Å². The number of aryl methyl sites for hydroxylation is 1. The van der Waals surface area contributed by atoms with E-state index in [4.69, 9.17) is 9.47 Å². The summed E-state index contributed by atoms with van der Waals surface area (Å²) in [4.78, 5) is 13.1. The molecule has 0 bridgehead atoms. The zero-order valence-corrected chi connectivity index (χ0v) is 18.5. The molecule has 32 heavy (non-hydrogen) atoms. The molecule has 1 N–H and O–H groups in total. The summed E-state index contributed by atoms with van der Waals surface area (Å²) in [5, 5.41) is 10.9. The molecule has 172 valence electrons. The fourth-order valence-electron chi connectivity index (χ4n) is 3.70. The van der Waals surface area contributed by atoms with Crippen molar-refractivity contribution in [2.45, 2.75) is 58.6 Å². The molecule has 0 saturated heterocycles. The molecule has 5 nitrogen and oxygen atoms in total. The van der Waals surface area contributed by atoms with Crippen molar-refractivity contribution in [2.75, 3.05) is 0 Å². The highest BCUT2D eigenvalue weighted by molar-refractivity contribution is 6.26. The van der Waals surface area contributed by atoms with Gasteiger partial charge in [0.05, 0.1) is 5.57 Å². The number of benzene rings is 2. The first kappa shape index (κ1) is 23.7. The molecule has 0 radical (unpaired) electrons. The number of halogens is 3. The normalized spacial score (nSPS) is 17.9. The molecular formula is C24H25F3O5. The SMILES string of the molecule is CCc1ccc(Oc2ccc(OC(F)(F)F)cc2)cc1C1=C(O)C(C)(C)OC(C)(C)C1=O. The Hall–Kier alpha value is -3.00. The maximum Gasteiger partial charge on any atom is 0.573 e. The van der Waals surface area contributed by atoms with Gasteiger partial charge in [-0.1, -0.05) is 13.0 Å². The average molecular weight is 450 g/mol. The highest BCUT2D eigenvalue weighted by atomic mass is 19.4. The van der Waals surface area contributed by atoms with Crippen LogP contribution in [0.25, 0.3) is 5.57 Å². The van der Waals surface area contributed by atoms with Crippen LogP contribution in [0.1, 0.15) is 45.7 Å². The minimum Gasteiger partial charge on any atom is -0.508 e. The highest BCUT2D eigenvalue weighted by Crippen LogP contribution is 2.42. The van der Waals surface area contributed by atoms with E-state index in [1.54, 1.807) is 45.9 Å². The number of hydrogen-bond donors (Lipinski definition) is 1. The van der Waals surface area contributed by atoms with Crippen molar-refractivity contribution >= 4 is 11.4 Å². The maximum atomic E-state index is 13.1. The predicted octanol–water partition coefficient (Wildman–Crippen LogP) is 6.37. The van der Waals surface area contributed by atoms with E-state index in [9.17, 15) is 23.1 Å². The van der Waals surface area contributed by atoms with Gasteiger partial charge in [0.15, 0.2) is 5.78 Å². The van der Waals surface area contributed by atoms with Gasteiger partial charge >= 0.3 is 6.36 Å². The van der Waals surface area contributed by atoms with Gasteiger partial charge in [-0.2, -0.15) is 0 Å². The average Bonchev–Trinajstić information content (AvgIpc) is 2.67. The third-order valence-electron chi connectivity index (χ3n) is 5.12. The molecule has 1 heterocycles. The number of aliphatic hydroxyl groups excluding tert-OH is 1. The molecule has 0 spiro atoms. The molecule has 0 saturated carbocycles. The molecule has 0 atom stereocenters. The number of Topliss-reactive ketones (excluding diaryl/α,β-unsaturated/α-hetero) is 1. The highest BCUT2D eigenvalue weighted by Gasteiger charge is 2.47. The lowest BCUT2D eigenvalue weighted by Crippen LogP contribution is -2.49. The Balaban J connectivity index is 1.99. The fourth-order valence-corrected chi connectivity index (χ4v) is 3.70. The summed E-state index contributed by atoms with van der Waals surface area (Å²) in [6, 6.07) is 10.1. The van der Waals surface area contributed by atoms with E-state index in [1.165, 1.54) is 12.1 Å². The molecule has 1 aliphatic rings. The van der Waals surface area contributed by atoms with Gasteiger partial charge < -0.3 is 19.3 Å². The Morgan fingerprint density at radius 1 is 0.938 bits per heavy atom. The largest absolute Gasteiger partial charge is 0.573 e. The summed E-state index contributed by atoms with van der Waals surface area (Å²) in [7, 11) is 0.